The van der Waals surface area contributed by atoms with E-state index in [9.17, 15) is 13.2 Å². The highest BCUT2D eigenvalue weighted by molar-refractivity contribution is 7.91. The van der Waals surface area contributed by atoms with Crippen LogP contribution < -0.4 is 5.32 Å². The van der Waals surface area contributed by atoms with Gasteiger partial charge in [-0.1, -0.05) is 30.3 Å². The number of hydrogen-bond donors (Lipinski definition) is 1. The van der Waals surface area contributed by atoms with Crippen LogP contribution in [-0.2, 0) is 14.6 Å². The number of methoxy groups -OCH3 is 1. The molecule has 7 heteroatoms. The van der Waals surface area contributed by atoms with E-state index < -0.39 is 9.84 Å². The third-order valence-corrected chi connectivity index (χ3v) is 5.78. The third-order valence-electron chi connectivity index (χ3n) is 4.12. The Morgan fingerprint density at radius 2 is 2.04 bits per heavy atom. The smallest absolute Gasteiger partial charge is 0.318 e. The summed E-state index contributed by atoms with van der Waals surface area (Å²) in [4.78, 5) is 14.2. The van der Waals surface area contributed by atoms with E-state index in [0.717, 1.165) is 5.56 Å². The predicted octanol–water partition coefficient (Wildman–Crippen LogP) is 1.59. The van der Waals surface area contributed by atoms with Crippen molar-refractivity contribution in [1.82, 2.24) is 10.2 Å². The number of rotatable bonds is 4. The van der Waals surface area contributed by atoms with Gasteiger partial charge in [-0.25, -0.2) is 13.2 Å². The molecular formula is C16H24N2O4S. The second-order valence-corrected chi connectivity index (χ2v) is 8.15. The van der Waals surface area contributed by atoms with Gasteiger partial charge in [0, 0.05) is 19.7 Å². The zero-order chi connectivity index (χ0) is 16.9. The number of amides is 2. The van der Waals surface area contributed by atoms with Gasteiger partial charge in [0.25, 0.3) is 0 Å². The number of urea groups is 1. The minimum absolute atomic E-state index is 0.0189. The lowest BCUT2D eigenvalue weighted by atomic mass is 10.1. The van der Waals surface area contributed by atoms with E-state index >= 15 is 0 Å². The first-order chi connectivity index (χ1) is 10.9. The lowest BCUT2D eigenvalue weighted by molar-refractivity contribution is 0.149. The topological polar surface area (TPSA) is 75.7 Å². The summed E-state index contributed by atoms with van der Waals surface area (Å²) in [5.74, 6) is 0.156. The fourth-order valence-electron chi connectivity index (χ4n) is 2.67. The number of nitrogens with zero attached hydrogens (tertiary/aromatic N) is 1. The Kier molecular flexibility index (Phi) is 6.01. The summed E-state index contributed by atoms with van der Waals surface area (Å²) in [6.07, 6.45) is 0.468. The number of hydrogen-bond acceptors (Lipinski definition) is 4. The zero-order valence-corrected chi connectivity index (χ0v) is 14.4. The van der Waals surface area contributed by atoms with Crippen molar-refractivity contribution >= 4 is 15.9 Å². The monoisotopic (exact) mass is 340 g/mol. The van der Waals surface area contributed by atoms with Gasteiger partial charge in [0.15, 0.2) is 9.84 Å². The molecule has 0 saturated carbocycles. The summed E-state index contributed by atoms with van der Waals surface area (Å²) in [6.45, 7) is 2.47. The highest BCUT2D eigenvalue weighted by atomic mass is 32.2. The van der Waals surface area contributed by atoms with Crippen LogP contribution in [0.4, 0.5) is 4.79 Å². The summed E-state index contributed by atoms with van der Waals surface area (Å²) < 4.78 is 28.7. The van der Waals surface area contributed by atoms with Crippen molar-refractivity contribution in [3.05, 3.63) is 35.9 Å². The van der Waals surface area contributed by atoms with E-state index in [1.165, 1.54) is 0 Å². The first-order valence-corrected chi connectivity index (χ1v) is 9.56. The Hall–Kier alpha value is -1.60. The lowest BCUT2D eigenvalue weighted by Crippen LogP contribution is -2.47. The van der Waals surface area contributed by atoms with Crippen LogP contribution >= 0.6 is 0 Å². The SMILES string of the molecule is COC[C@H](NC(=O)N1CCS(=O)(=O)CC[C@H]1C)c1ccccc1. The number of carbonyl (C=O) groups is 1. The molecule has 128 valence electrons. The molecule has 0 bridgehead atoms. The van der Waals surface area contributed by atoms with Crippen LogP contribution in [0.3, 0.4) is 0 Å². The predicted molar refractivity (Wildman–Crippen MR) is 89.0 cm³/mol. The van der Waals surface area contributed by atoms with Gasteiger partial charge in [-0.3, -0.25) is 0 Å². The molecule has 1 saturated heterocycles. The molecule has 1 aromatic carbocycles. The van der Waals surface area contributed by atoms with Gasteiger partial charge in [0.2, 0.25) is 0 Å². The Bertz CT molecular complexity index is 618. The van der Waals surface area contributed by atoms with Crippen molar-refractivity contribution in [3.63, 3.8) is 0 Å². The molecule has 0 radical (unpaired) electrons. The quantitative estimate of drug-likeness (QED) is 0.903. The second-order valence-electron chi connectivity index (χ2n) is 5.85. The molecule has 1 N–H and O–H groups in total. The molecule has 0 aliphatic carbocycles. The maximum absolute atomic E-state index is 12.6. The molecule has 1 fully saturated rings. The third kappa shape index (κ3) is 4.94. The molecule has 2 amide bonds. The number of sulfone groups is 1. The van der Waals surface area contributed by atoms with Crippen molar-refractivity contribution in [2.45, 2.75) is 25.4 Å². The molecule has 1 aromatic rings. The minimum Gasteiger partial charge on any atom is -0.382 e. The number of benzene rings is 1. The summed E-state index contributed by atoms with van der Waals surface area (Å²) in [5.41, 5.74) is 0.956. The second kappa shape index (κ2) is 7.79. The molecule has 0 spiro atoms. The van der Waals surface area contributed by atoms with Gasteiger partial charge >= 0.3 is 6.03 Å². The van der Waals surface area contributed by atoms with Crippen LogP contribution in [0.2, 0.25) is 0 Å². The van der Waals surface area contributed by atoms with Crippen LogP contribution in [0.1, 0.15) is 24.9 Å². The largest absolute Gasteiger partial charge is 0.382 e. The first-order valence-electron chi connectivity index (χ1n) is 7.74. The van der Waals surface area contributed by atoms with E-state index in [4.69, 9.17) is 4.74 Å². The average molecular weight is 340 g/mol. The van der Waals surface area contributed by atoms with E-state index in [2.05, 4.69) is 5.32 Å². The molecular weight excluding hydrogens is 316 g/mol. The molecule has 0 aromatic heterocycles. The minimum atomic E-state index is -3.06. The fraction of sp³-hybridized carbons (Fsp3) is 0.562. The van der Waals surface area contributed by atoms with E-state index in [0.29, 0.717) is 13.0 Å². The lowest BCUT2D eigenvalue weighted by Gasteiger charge is -2.29. The summed E-state index contributed by atoms with van der Waals surface area (Å²) >= 11 is 0. The maximum atomic E-state index is 12.6. The molecule has 1 aliphatic heterocycles. The van der Waals surface area contributed by atoms with Crippen LogP contribution in [-0.4, -0.2) is 57.2 Å². The van der Waals surface area contributed by atoms with E-state index in [1.807, 2.05) is 37.3 Å². The number of nitrogens with one attached hydrogen (secondary N) is 1. The van der Waals surface area contributed by atoms with Crippen LogP contribution in [0.25, 0.3) is 0 Å². The summed E-state index contributed by atoms with van der Waals surface area (Å²) in [5, 5.41) is 2.96. The normalized spacial score (nSPS) is 22.2. The zero-order valence-electron chi connectivity index (χ0n) is 13.6. The number of ether oxygens (including phenoxy) is 1. The summed E-state index contributed by atoms with van der Waals surface area (Å²) in [7, 11) is -1.47. The average Bonchev–Trinajstić information content (AvgIpc) is 2.66. The van der Waals surface area contributed by atoms with Crippen LogP contribution in [0.15, 0.2) is 30.3 Å². The highest BCUT2D eigenvalue weighted by Gasteiger charge is 2.29. The van der Waals surface area contributed by atoms with Crippen molar-refractivity contribution < 1.29 is 17.9 Å². The fourth-order valence-corrected chi connectivity index (χ4v) is 4.05. The van der Waals surface area contributed by atoms with Crippen LogP contribution in [0, 0.1) is 0 Å². The Morgan fingerprint density at radius 1 is 1.35 bits per heavy atom. The molecule has 1 heterocycles. The molecule has 2 atom stereocenters. The van der Waals surface area contributed by atoms with Gasteiger partial charge in [-0.05, 0) is 18.9 Å². The molecule has 2 rings (SSSR count). The van der Waals surface area contributed by atoms with E-state index in [-0.39, 0.29) is 36.2 Å². The van der Waals surface area contributed by atoms with Gasteiger partial charge in [0.1, 0.15) is 0 Å². The highest BCUT2D eigenvalue weighted by Crippen LogP contribution is 2.16. The van der Waals surface area contributed by atoms with Crippen molar-refractivity contribution in [2.24, 2.45) is 0 Å². The Balaban J connectivity index is 2.09. The molecule has 6 nitrogen and oxygen atoms in total. The maximum Gasteiger partial charge on any atom is 0.318 e. The Labute approximate surface area is 137 Å². The van der Waals surface area contributed by atoms with Gasteiger partial charge in [-0.15, -0.1) is 0 Å². The molecule has 1 aliphatic rings. The summed E-state index contributed by atoms with van der Waals surface area (Å²) in [6, 6.07) is 8.97. The Morgan fingerprint density at radius 3 is 2.70 bits per heavy atom. The van der Waals surface area contributed by atoms with Crippen molar-refractivity contribution in [2.75, 3.05) is 31.8 Å². The van der Waals surface area contributed by atoms with Gasteiger partial charge in [0.05, 0.1) is 24.2 Å². The van der Waals surface area contributed by atoms with Gasteiger partial charge < -0.3 is 15.0 Å². The standard InChI is InChI=1S/C16H24N2O4S/c1-13-8-10-23(20,21)11-9-18(13)16(19)17-15(12-22-2)14-6-4-3-5-7-14/h3-7,13,15H,8-12H2,1-2H3,(H,17,19)/t13-,15+/m1/s1. The first kappa shape index (κ1) is 17.7. The van der Waals surface area contributed by atoms with Crippen molar-refractivity contribution in [3.8, 4) is 0 Å². The van der Waals surface area contributed by atoms with E-state index in [1.54, 1.807) is 12.0 Å². The van der Waals surface area contributed by atoms with Gasteiger partial charge in [-0.2, -0.15) is 0 Å². The van der Waals surface area contributed by atoms with Crippen molar-refractivity contribution in [1.29, 1.82) is 0 Å². The van der Waals surface area contributed by atoms with Crippen LogP contribution in [0.5, 0.6) is 0 Å². The molecule has 0 unspecified atom stereocenters. The number of carbonyl (C=O) groups excluding carboxylic acids is 1. The molecule has 23 heavy (non-hydrogen) atoms.